The Morgan fingerprint density at radius 1 is 1.35 bits per heavy atom. The molecule has 0 amide bonds. The highest BCUT2D eigenvalue weighted by molar-refractivity contribution is 5.79. The highest BCUT2D eigenvalue weighted by atomic mass is 16.6. The number of benzene rings is 1. The van der Waals surface area contributed by atoms with Crippen molar-refractivity contribution in [2.24, 2.45) is 4.99 Å². The lowest BCUT2D eigenvalue weighted by molar-refractivity contribution is -0.384. The Hall–Kier alpha value is -1.75. The molecule has 5 heteroatoms. The van der Waals surface area contributed by atoms with Crippen molar-refractivity contribution in [2.75, 3.05) is 27.2 Å². The van der Waals surface area contributed by atoms with Crippen LogP contribution in [-0.2, 0) is 0 Å². The van der Waals surface area contributed by atoms with Gasteiger partial charge in [-0.05, 0) is 44.8 Å². The molecule has 0 bridgehead atoms. The fraction of sp³-hybridized carbons (Fsp3) is 0.417. The third-order valence-corrected chi connectivity index (χ3v) is 2.24. The molecule has 0 spiro atoms. The SMILES string of the molecule is CN(C)CCCN=Cc1ccc([N+](=O)[O-])cc1. The third-order valence-electron chi connectivity index (χ3n) is 2.24. The Kier molecular flexibility index (Phi) is 5.29. The highest BCUT2D eigenvalue weighted by Gasteiger charge is 2.02. The smallest absolute Gasteiger partial charge is 0.269 e. The van der Waals surface area contributed by atoms with Crippen molar-refractivity contribution in [3.63, 3.8) is 0 Å². The van der Waals surface area contributed by atoms with Crippen LogP contribution in [0.5, 0.6) is 0 Å². The molecule has 0 unspecified atom stereocenters. The largest absolute Gasteiger partial charge is 0.309 e. The number of nitrogens with zero attached hydrogens (tertiary/aromatic N) is 3. The van der Waals surface area contributed by atoms with Crippen LogP contribution < -0.4 is 0 Å². The molecule has 1 aromatic rings. The molecule has 0 fully saturated rings. The number of non-ortho nitro benzene ring substituents is 1. The van der Waals surface area contributed by atoms with Crippen LogP contribution in [0.1, 0.15) is 12.0 Å². The van der Waals surface area contributed by atoms with E-state index in [-0.39, 0.29) is 5.69 Å². The minimum Gasteiger partial charge on any atom is -0.309 e. The summed E-state index contributed by atoms with van der Waals surface area (Å²) in [6.45, 7) is 1.78. The van der Waals surface area contributed by atoms with Gasteiger partial charge >= 0.3 is 0 Å². The Morgan fingerprint density at radius 2 is 2.00 bits per heavy atom. The second-order valence-electron chi connectivity index (χ2n) is 4.04. The maximum atomic E-state index is 10.4. The lowest BCUT2D eigenvalue weighted by Crippen LogP contribution is -2.13. The van der Waals surface area contributed by atoms with Gasteiger partial charge in [-0.1, -0.05) is 0 Å². The van der Waals surface area contributed by atoms with Gasteiger partial charge in [-0.2, -0.15) is 0 Å². The summed E-state index contributed by atoms with van der Waals surface area (Å²) in [5.41, 5.74) is 0.996. The van der Waals surface area contributed by atoms with Crippen molar-refractivity contribution in [3.05, 3.63) is 39.9 Å². The van der Waals surface area contributed by atoms with E-state index in [0.29, 0.717) is 0 Å². The third kappa shape index (κ3) is 5.21. The van der Waals surface area contributed by atoms with E-state index in [2.05, 4.69) is 9.89 Å². The second kappa shape index (κ2) is 6.75. The van der Waals surface area contributed by atoms with E-state index in [1.54, 1.807) is 18.3 Å². The summed E-state index contributed by atoms with van der Waals surface area (Å²) in [5, 5.41) is 10.4. The Balaban J connectivity index is 2.41. The van der Waals surface area contributed by atoms with Crippen molar-refractivity contribution in [1.82, 2.24) is 4.90 Å². The van der Waals surface area contributed by atoms with Crippen molar-refractivity contribution >= 4 is 11.9 Å². The molecule has 0 N–H and O–H groups in total. The van der Waals surface area contributed by atoms with E-state index in [1.807, 2.05) is 14.1 Å². The van der Waals surface area contributed by atoms with Gasteiger partial charge in [0, 0.05) is 24.9 Å². The lowest BCUT2D eigenvalue weighted by Gasteiger charge is -2.06. The molecule has 0 saturated carbocycles. The average molecular weight is 235 g/mol. The van der Waals surface area contributed by atoms with Crippen molar-refractivity contribution in [3.8, 4) is 0 Å². The number of nitro benzene ring substituents is 1. The predicted molar refractivity (Wildman–Crippen MR) is 68.7 cm³/mol. The Bertz CT molecular complexity index is 385. The van der Waals surface area contributed by atoms with E-state index >= 15 is 0 Å². The normalized spacial score (nSPS) is 11.2. The van der Waals surface area contributed by atoms with Crippen molar-refractivity contribution in [1.29, 1.82) is 0 Å². The van der Waals surface area contributed by atoms with Gasteiger partial charge in [0.25, 0.3) is 5.69 Å². The zero-order chi connectivity index (χ0) is 12.7. The fourth-order valence-corrected chi connectivity index (χ4v) is 1.33. The maximum absolute atomic E-state index is 10.4. The summed E-state index contributed by atoms with van der Waals surface area (Å²) in [7, 11) is 4.06. The van der Waals surface area contributed by atoms with Gasteiger partial charge in [-0.3, -0.25) is 15.1 Å². The molecule has 0 heterocycles. The molecule has 1 rings (SSSR count). The van der Waals surface area contributed by atoms with Gasteiger partial charge in [-0.25, -0.2) is 0 Å². The molecule has 0 aliphatic heterocycles. The maximum Gasteiger partial charge on any atom is 0.269 e. The van der Waals surface area contributed by atoms with Crippen LogP contribution >= 0.6 is 0 Å². The zero-order valence-corrected chi connectivity index (χ0v) is 10.2. The first kappa shape index (κ1) is 13.3. The first-order valence-electron chi connectivity index (χ1n) is 5.48. The summed E-state index contributed by atoms with van der Waals surface area (Å²) in [6, 6.07) is 6.38. The highest BCUT2D eigenvalue weighted by Crippen LogP contribution is 2.10. The lowest BCUT2D eigenvalue weighted by atomic mass is 10.2. The van der Waals surface area contributed by atoms with E-state index < -0.39 is 4.92 Å². The summed E-state index contributed by atoms with van der Waals surface area (Å²) < 4.78 is 0. The quantitative estimate of drug-likeness (QED) is 0.328. The van der Waals surface area contributed by atoms with Crippen molar-refractivity contribution < 1.29 is 4.92 Å². The standard InChI is InChI=1S/C12H17N3O2/c1-14(2)9-3-8-13-10-11-4-6-12(7-5-11)15(16)17/h4-7,10H,3,8-9H2,1-2H3. The van der Waals surface area contributed by atoms with E-state index in [1.165, 1.54) is 12.1 Å². The molecule has 0 atom stereocenters. The number of rotatable bonds is 6. The summed E-state index contributed by atoms with van der Waals surface area (Å²) in [4.78, 5) is 16.4. The van der Waals surface area contributed by atoms with Gasteiger partial charge in [0.1, 0.15) is 0 Å². The van der Waals surface area contributed by atoms with Crippen molar-refractivity contribution in [2.45, 2.75) is 6.42 Å². The first-order valence-corrected chi connectivity index (χ1v) is 5.48. The molecule has 0 saturated heterocycles. The second-order valence-corrected chi connectivity index (χ2v) is 4.04. The van der Waals surface area contributed by atoms with Gasteiger partial charge in [0.05, 0.1) is 4.92 Å². The van der Waals surface area contributed by atoms with Crippen LogP contribution in [0.15, 0.2) is 29.3 Å². The van der Waals surface area contributed by atoms with Crippen LogP contribution in [0, 0.1) is 10.1 Å². The number of hydrogen-bond donors (Lipinski definition) is 0. The topological polar surface area (TPSA) is 58.7 Å². The number of aliphatic imine (C=N–C) groups is 1. The van der Waals surface area contributed by atoms with Crippen LogP contribution in [0.4, 0.5) is 5.69 Å². The monoisotopic (exact) mass is 235 g/mol. The van der Waals surface area contributed by atoms with Gasteiger partial charge in [-0.15, -0.1) is 0 Å². The molecular weight excluding hydrogens is 218 g/mol. The molecule has 92 valence electrons. The summed E-state index contributed by atoms with van der Waals surface area (Å²) in [6.07, 6.45) is 2.76. The number of nitro groups is 1. The zero-order valence-electron chi connectivity index (χ0n) is 10.2. The molecule has 1 aromatic carbocycles. The molecule has 0 aliphatic rings. The average Bonchev–Trinajstić information content (AvgIpc) is 2.29. The van der Waals surface area contributed by atoms with E-state index in [4.69, 9.17) is 0 Å². The Labute approximate surface area is 101 Å². The predicted octanol–water partition coefficient (Wildman–Crippen LogP) is 1.97. The minimum atomic E-state index is -0.405. The molecule has 5 nitrogen and oxygen atoms in total. The van der Waals surface area contributed by atoms with Crippen LogP contribution in [0.25, 0.3) is 0 Å². The van der Waals surface area contributed by atoms with Gasteiger partial charge in [0.15, 0.2) is 0 Å². The minimum absolute atomic E-state index is 0.106. The van der Waals surface area contributed by atoms with Crippen LogP contribution in [0.3, 0.4) is 0 Å². The van der Waals surface area contributed by atoms with Crippen LogP contribution in [-0.4, -0.2) is 43.2 Å². The molecule has 0 aromatic heterocycles. The molecule has 17 heavy (non-hydrogen) atoms. The van der Waals surface area contributed by atoms with Crippen LogP contribution in [0.2, 0.25) is 0 Å². The molecular formula is C12H17N3O2. The summed E-state index contributed by atoms with van der Waals surface area (Å²) in [5.74, 6) is 0. The molecule has 0 radical (unpaired) electrons. The van der Waals surface area contributed by atoms with E-state index in [9.17, 15) is 10.1 Å². The fourth-order valence-electron chi connectivity index (χ4n) is 1.33. The number of hydrogen-bond acceptors (Lipinski definition) is 4. The molecule has 0 aliphatic carbocycles. The summed E-state index contributed by atoms with van der Waals surface area (Å²) >= 11 is 0. The van der Waals surface area contributed by atoms with Gasteiger partial charge in [0.2, 0.25) is 0 Å². The first-order chi connectivity index (χ1) is 8.09. The Morgan fingerprint density at radius 3 is 2.53 bits per heavy atom. The van der Waals surface area contributed by atoms with E-state index in [0.717, 1.165) is 25.1 Å². The van der Waals surface area contributed by atoms with Gasteiger partial charge < -0.3 is 4.90 Å².